The van der Waals surface area contributed by atoms with Crippen LogP contribution in [0.25, 0.3) is 0 Å². The molecule has 5 nitrogen and oxygen atoms in total. The van der Waals surface area contributed by atoms with E-state index in [1.807, 2.05) is 0 Å². The van der Waals surface area contributed by atoms with Crippen molar-refractivity contribution in [1.82, 2.24) is 0 Å². The Hall–Kier alpha value is -0.380. The van der Waals surface area contributed by atoms with Gasteiger partial charge in [0.1, 0.15) is 0 Å². The number of rotatable bonds is 3. The first-order valence-corrected chi connectivity index (χ1v) is 4.29. The Labute approximate surface area is 58.8 Å². The molecule has 0 saturated carbocycles. The molecule has 0 spiro atoms. The Balaban J connectivity index is 4.26. The molecule has 0 rings (SSSR count). The average Bonchev–Trinajstić information content (AvgIpc) is 1.86. The van der Waals surface area contributed by atoms with Gasteiger partial charge in [-0.1, -0.05) is 5.16 Å². The molecule has 0 heterocycles. The van der Waals surface area contributed by atoms with Crippen molar-refractivity contribution in [2.75, 3.05) is 6.61 Å². The number of hydrogen-bond acceptors (Lipinski definition) is 4. The van der Waals surface area contributed by atoms with E-state index in [4.69, 9.17) is 10.1 Å². The zero-order valence-electron chi connectivity index (χ0n) is 5.81. The van der Waals surface area contributed by atoms with E-state index in [2.05, 4.69) is 9.68 Å². The lowest BCUT2D eigenvalue weighted by atomic mass is 10.9. The molecule has 60 valence electrons. The third kappa shape index (κ3) is 2.47. The lowest BCUT2D eigenvalue weighted by Gasteiger charge is -2.07. The molecule has 0 aromatic rings. The maximum absolute atomic E-state index is 10.8. The molecule has 0 aliphatic carbocycles. The SMILES string of the molecule is CCOP(=O)(O)/C(C)=N/O. The van der Waals surface area contributed by atoms with E-state index in [1.54, 1.807) is 6.92 Å². The van der Waals surface area contributed by atoms with Gasteiger partial charge in [-0.15, -0.1) is 0 Å². The summed E-state index contributed by atoms with van der Waals surface area (Å²) >= 11 is 0. The quantitative estimate of drug-likeness (QED) is 0.284. The van der Waals surface area contributed by atoms with Crippen LogP contribution in [0.1, 0.15) is 13.8 Å². The predicted octanol–water partition coefficient (Wildman–Crippen LogP) is 1.02. The summed E-state index contributed by atoms with van der Waals surface area (Å²) in [6.07, 6.45) is 0. The molecule has 0 fully saturated rings. The first-order valence-electron chi connectivity index (χ1n) is 2.71. The van der Waals surface area contributed by atoms with E-state index in [-0.39, 0.29) is 12.1 Å². The van der Waals surface area contributed by atoms with E-state index in [9.17, 15) is 4.57 Å². The highest BCUT2D eigenvalue weighted by atomic mass is 31.2. The second kappa shape index (κ2) is 3.71. The van der Waals surface area contributed by atoms with E-state index in [0.29, 0.717) is 0 Å². The molecule has 6 heteroatoms. The Bertz CT molecular complexity index is 178. The van der Waals surface area contributed by atoms with E-state index >= 15 is 0 Å². The van der Waals surface area contributed by atoms with Crippen LogP contribution in [0.4, 0.5) is 0 Å². The van der Waals surface area contributed by atoms with Crippen LogP contribution in [0.3, 0.4) is 0 Å². The van der Waals surface area contributed by atoms with Gasteiger partial charge in [0.2, 0.25) is 0 Å². The lowest BCUT2D eigenvalue weighted by molar-refractivity contribution is 0.281. The number of oxime groups is 1. The van der Waals surface area contributed by atoms with Gasteiger partial charge in [-0.2, -0.15) is 0 Å². The molecule has 0 saturated heterocycles. The van der Waals surface area contributed by atoms with Crippen LogP contribution in [-0.2, 0) is 9.09 Å². The minimum atomic E-state index is -3.78. The van der Waals surface area contributed by atoms with Gasteiger partial charge < -0.3 is 14.6 Å². The Morgan fingerprint density at radius 2 is 2.30 bits per heavy atom. The van der Waals surface area contributed by atoms with E-state index in [1.165, 1.54) is 6.92 Å². The fourth-order valence-electron chi connectivity index (χ4n) is 0.325. The highest BCUT2D eigenvalue weighted by Gasteiger charge is 2.23. The maximum atomic E-state index is 10.8. The summed E-state index contributed by atoms with van der Waals surface area (Å²) < 4.78 is 15.2. The molecule has 1 unspecified atom stereocenters. The summed E-state index contributed by atoms with van der Waals surface area (Å²) in [4.78, 5) is 8.83. The molecule has 10 heavy (non-hydrogen) atoms. The van der Waals surface area contributed by atoms with Gasteiger partial charge in [0.05, 0.1) is 6.61 Å². The molecular weight excluding hydrogens is 157 g/mol. The molecule has 2 N–H and O–H groups in total. The zero-order chi connectivity index (χ0) is 8.20. The summed E-state index contributed by atoms with van der Waals surface area (Å²) in [7, 11) is -3.78. The molecule has 1 atom stereocenters. The fraction of sp³-hybridized carbons (Fsp3) is 0.750. The van der Waals surface area contributed by atoms with Crippen LogP contribution in [0.15, 0.2) is 5.16 Å². The Morgan fingerprint density at radius 1 is 1.80 bits per heavy atom. The maximum Gasteiger partial charge on any atom is 0.375 e. The van der Waals surface area contributed by atoms with Gasteiger partial charge in [0.15, 0.2) is 5.45 Å². The monoisotopic (exact) mass is 167 g/mol. The highest BCUT2D eigenvalue weighted by molar-refractivity contribution is 7.71. The van der Waals surface area contributed by atoms with Crippen molar-refractivity contribution in [3.63, 3.8) is 0 Å². The van der Waals surface area contributed by atoms with Crippen LogP contribution in [0.5, 0.6) is 0 Å². The minimum absolute atomic E-state index is 0.112. The van der Waals surface area contributed by atoms with Crippen molar-refractivity contribution in [2.24, 2.45) is 5.16 Å². The molecule has 0 radical (unpaired) electrons. The van der Waals surface area contributed by atoms with Crippen molar-refractivity contribution in [2.45, 2.75) is 13.8 Å². The van der Waals surface area contributed by atoms with Crippen LogP contribution < -0.4 is 0 Å². The topological polar surface area (TPSA) is 79.1 Å². The largest absolute Gasteiger partial charge is 0.410 e. The molecular formula is C4H10NO4P. The second-order valence-electron chi connectivity index (χ2n) is 1.59. The van der Waals surface area contributed by atoms with Gasteiger partial charge in [0, 0.05) is 0 Å². The highest BCUT2D eigenvalue weighted by Crippen LogP contribution is 2.42. The molecule has 0 aromatic heterocycles. The number of hydrogen-bond donors (Lipinski definition) is 2. The summed E-state index contributed by atoms with van der Waals surface area (Å²) in [5, 5.41) is 10.6. The van der Waals surface area contributed by atoms with Crippen molar-refractivity contribution in [1.29, 1.82) is 0 Å². The van der Waals surface area contributed by atoms with Crippen molar-refractivity contribution in [3.05, 3.63) is 0 Å². The predicted molar refractivity (Wildman–Crippen MR) is 36.3 cm³/mol. The van der Waals surface area contributed by atoms with E-state index in [0.717, 1.165) is 0 Å². The summed E-state index contributed by atoms with van der Waals surface area (Å²) in [5.41, 5.74) is -0.297. The molecule has 0 aliphatic heterocycles. The van der Waals surface area contributed by atoms with Gasteiger partial charge in [-0.05, 0) is 13.8 Å². The van der Waals surface area contributed by atoms with Gasteiger partial charge in [0.25, 0.3) is 0 Å². The van der Waals surface area contributed by atoms with Gasteiger partial charge >= 0.3 is 7.60 Å². The zero-order valence-corrected chi connectivity index (χ0v) is 6.71. The fourth-order valence-corrected chi connectivity index (χ4v) is 0.975. The Kier molecular flexibility index (Phi) is 3.57. The average molecular weight is 167 g/mol. The standard InChI is InChI=1S/C4H10NO4P/c1-3-9-10(7,8)4(2)5-6/h6H,3H2,1-2H3,(H,7,8)/b5-4+. The summed E-state index contributed by atoms with van der Waals surface area (Å²) in [6, 6.07) is 0. The smallest absolute Gasteiger partial charge is 0.375 e. The van der Waals surface area contributed by atoms with Crippen molar-refractivity contribution < 1.29 is 19.2 Å². The lowest BCUT2D eigenvalue weighted by Crippen LogP contribution is -1.98. The third-order valence-electron chi connectivity index (χ3n) is 0.858. The van der Waals surface area contributed by atoms with Crippen molar-refractivity contribution in [3.8, 4) is 0 Å². The third-order valence-corrected chi connectivity index (χ3v) is 2.37. The first-order chi connectivity index (χ1) is 4.54. The van der Waals surface area contributed by atoms with Gasteiger partial charge in [-0.3, -0.25) is 4.57 Å². The van der Waals surface area contributed by atoms with Gasteiger partial charge in [-0.25, -0.2) is 0 Å². The molecule has 0 aromatic carbocycles. The van der Waals surface area contributed by atoms with Crippen LogP contribution in [0, 0.1) is 0 Å². The minimum Gasteiger partial charge on any atom is -0.410 e. The Morgan fingerprint density at radius 3 is 2.60 bits per heavy atom. The second-order valence-corrected chi connectivity index (χ2v) is 3.53. The van der Waals surface area contributed by atoms with Crippen LogP contribution >= 0.6 is 7.60 Å². The summed E-state index contributed by atoms with van der Waals surface area (Å²) in [6.45, 7) is 2.91. The number of nitrogens with zero attached hydrogens (tertiary/aromatic N) is 1. The molecule has 0 bridgehead atoms. The molecule has 0 amide bonds. The normalized spacial score (nSPS) is 18.5. The van der Waals surface area contributed by atoms with E-state index < -0.39 is 7.60 Å². The van der Waals surface area contributed by atoms with Crippen molar-refractivity contribution >= 4 is 13.0 Å². The summed E-state index contributed by atoms with van der Waals surface area (Å²) in [5.74, 6) is 0. The van der Waals surface area contributed by atoms with Crippen LogP contribution in [-0.4, -0.2) is 22.2 Å². The molecule has 0 aliphatic rings. The van der Waals surface area contributed by atoms with Crippen LogP contribution in [0.2, 0.25) is 0 Å². The first kappa shape index (κ1) is 9.62.